The average molecular weight is 394 g/mol. The van der Waals surface area contributed by atoms with E-state index >= 15 is 0 Å². The predicted octanol–water partition coefficient (Wildman–Crippen LogP) is 4.19. The van der Waals surface area contributed by atoms with Crippen LogP contribution in [0.4, 0.5) is 14.5 Å². The highest BCUT2D eigenvalue weighted by Gasteiger charge is 2.24. The SMILES string of the molecule is CC(C)(NCC(=O)Nc1ccc(SC(F)F)cc1)c1ccc2c(c1)OCO2. The van der Waals surface area contributed by atoms with E-state index in [9.17, 15) is 13.6 Å². The summed E-state index contributed by atoms with van der Waals surface area (Å²) < 4.78 is 35.4. The minimum Gasteiger partial charge on any atom is -0.454 e. The number of thioether (sulfide) groups is 1. The largest absolute Gasteiger partial charge is 0.454 e. The van der Waals surface area contributed by atoms with Gasteiger partial charge in [-0.3, -0.25) is 10.1 Å². The van der Waals surface area contributed by atoms with E-state index in [4.69, 9.17) is 9.47 Å². The van der Waals surface area contributed by atoms with Crippen LogP contribution < -0.4 is 20.1 Å². The summed E-state index contributed by atoms with van der Waals surface area (Å²) in [5.41, 5.74) is 1.06. The Labute approximate surface area is 160 Å². The van der Waals surface area contributed by atoms with E-state index in [1.54, 1.807) is 24.3 Å². The third kappa shape index (κ3) is 5.11. The van der Waals surface area contributed by atoms with Crippen LogP contribution in [0.25, 0.3) is 0 Å². The Bertz CT molecular complexity index is 813. The maximum absolute atomic E-state index is 12.3. The van der Waals surface area contributed by atoms with Crippen LogP contribution in [-0.2, 0) is 10.3 Å². The first-order valence-corrected chi connectivity index (χ1v) is 9.21. The third-order valence-corrected chi connectivity index (χ3v) is 4.87. The number of benzene rings is 2. The van der Waals surface area contributed by atoms with E-state index in [2.05, 4.69) is 10.6 Å². The fourth-order valence-corrected chi connectivity index (χ4v) is 3.11. The van der Waals surface area contributed by atoms with Gasteiger partial charge >= 0.3 is 0 Å². The number of amides is 1. The monoisotopic (exact) mass is 394 g/mol. The van der Waals surface area contributed by atoms with Gasteiger partial charge in [-0.05, 0) is 55.8 Å². The molecular formula is C19H20F2N2O3S. The summed E-state index contributed by atoms with van der Waals surface area (Å²) in [6.07, 6.45) is 0. The van der Waals surface area contributed by atoms with Gasteiger partial charge in [0.25, 0.3) is 5.76 Å². The maximum Gasteiger partial charge on any atom is 0.288 e. The smallest absolute Gasteiger partial charge is 0.288 e. The van der Waals surface area contributed by atoms with Crippen LogP contribution in [0, 0.1) is 0 Å². The fourth-order valence-electron chi connectivity index (χ4n) is 2.61. The molecule has 0 saturated heterocycles. The van der Waals surface area contributed by atoms with Gasteiger partial charge in [0.15, 0.2) is 11.5 Å². The molecule has 1 heterocycles. The maximum atomic E-state index is 12.3. The topological polar surface area (TPSA) is 59.6 Å². The second kappa shape index (κ2) is 8.14. The number of nitrogens with one attached hydrogen (secondary N) is 2. The molecule has 5 nitrogen and oxygen atoms in total. The van der Waals surface area contributed by atoms with Gasteiger partial charge < -0.3 is 14.8 Å². The summed E-state index contributed by atoms with van der Waals surface area (Å²) in [6.45, 7) is 4.24. The van der Waals surface area contributed by atoms with E-state index in [0.717, 1.165) is 5.56 Å². The average Bonchev–Trinajstić information content (AvgIpc) is 3.09. The predicted molar refractivity (Wildman–Crippen MR) is 101 cm³/mol. The molecule has 0 bridgehead atoms. The number of fused-ring (bicyclic) bond motifs is 1. The minimum atomic E-state index is -2.46. The van der Waals surface area contributed by atoms with E-state index in [1.807, 2.05) is 32.0 Å². The summed E-state index contributed by atoms with van der Waals surface area (Å²) >= 11 is 0.468. The van der Waals surface area contributed by atoms with Crippen molar-refractivity contribution in [2.24, 2.45) is 0 Å². The molecule has 0 aliphatic carbocycles. The fraction of sp³-hybridized carbons (Fsp3) is 0.316. The van der Waals surface area contributed by atoms with Crippen LogP contribution in [-0.4, -0.2) is 25.0 Å². The van der Waals surface area contributed by atoms with E-state index in [0.29, 0.717) is 33.8 Å². The van der Waals surface area contributed by atoms with Crippen molar-refractivity contribution in [3.8, 4) is 11.5 Å². The van der Waals surface area contributed by atoms with Gasteiger partial charge in [-0.15, -0.1) is 0 Å². The van der Waals surface area contributed by atoms with Gasteiger partial charge in [0.1, 0.15) is 0 Å². The lowest BCUT2D eigenvalue weighted by molar-refractivity contribution is -0.115. The number of carbonyl (C=O) groups is 1. The normalized spacial score (nSPS) is 13.1. The molecule has 2 aromatic rings. The van der Waals surface area contributed by atoms with Crippen LogP contribution in [0.15, 0.2) is 47.4 Å². The summed E-state index contributed by atoms with van der Waals surface area (Å²) in [4.78, 5) is 12.6. The van der Waals surface area contributed by atoms with Crippen LogP contribution in [0.3, 0.4) is 0 Å². The number of hydrogen-bond donors (Lipinski definition) is 2. The first-order valence-electron chi connectivity index (χ1n) is 8.33. The lowest BCUT2D eigenvalue weighted by Gasteiger charge is -2.27. The van der Waals surface area contributed by atoms with Crippen LogP contribution >= 0.6 is 11.8 Å². The second-order valence-electron chi connectivity index (χ2n) is 6.50. The summed E-state index contributed by atoms with van der Waals surface area (Å²) in [7, 11) is 0. The number of rotatable bonds is 7. The van der Waals surface area contributed by atoms with Crippen molar-refractivity contribution in [2.75, 3.05) is 18.7 Å². The molecule has 0 spiro atoms. The molecule has 1 amide bonds. The molecule has 0 atom stereocenters. The standard InChI is InChI=1S/C19H20F2N2O3S/c1-19(2,12-3-8-15-16(9-12)26-11-25-15)22-10-17(24)23-13-4-6-14(7-5-13)27-18(20)21/h3-9,18,22H,10-11H2,1-2H3,(H,23,24). The molecule has 1 aliphatic rings. The van der Waals surface area contributed by atoms with Crippen molar-refractivity contribution in [1.29, 1.82) is 0 Å². The number of alkyl halides is 2. The van der Waals surface area contributed by atoms with Crippen LogP contribution in [0.2, 0.25) is 0 Å². The molecule has 0 radical (unpaired) electrons. The zero-order valence-electron chi connectivity index (χ0n) is 14.9. The Hall–Kier alpha value is -2.32. The molecule has 0 aromatic heterocycles. The van der Waals surface area contributed by atoms with Gasteiger partial charge in [0.05, 0.1) is 6.54 Å². The van der Waals surface area contributed by atoms with Gasteiger partial charge in [-0.1, -0.05) is 17.8 Å². The highest BCUT2D eigenvalue weighted by molar-refractivity contribution is 7.99. The first-order chi connectivity index (χ1) is 12.8. The summed E-state index contributed by atoms with van der Waals surface area (Å²) in [5.74, 6) is -1.29. The molecule has 0 saturated carbocycles. The third-order valence-electron chi connectivity index (χ3n) is 4.15. The van der Waals surface area contributed by atoms with E-state index < -0.39 is 11.3 Å². The molecule has 3 rings (SSSR count). The number of carbonyl (C=O) groups excluding carboxylic acids is 1. The van der Waals surface area contributed by atoms with Gasteiger partial charge in [-0.25, -0.2) is 0 Å². The molecule has 2 aromatic carbocycles. The molecule has 0 fully saturated rings. The van der Waals surface area contributed by atoms with E-state index in [-0.39, 0.29) is 19.2 Å². The highest BCUT2D eigenvalue weighted by atomic mass is 32.2. The molecule has 8 heteroatoms. The molecule has 27 heavy (non-hydrogen) atoms. The molecule has 1 aliphatic heterocycles. The van der Waals surface area contributed by atoms with Crippen molar-refractivity contribution in [2.45, 2.75) is 30.0 Å². The molecule has 2 N–H and O–H groups in total. The highest BCUT2D eigenvalue weighted by Crippen LogP contribution is 2.35. The van der Waals surface area contributed by atoms with Crippen molar-refractivity contribution in [3.63, 3.8) is 0 Å². The Balaban J connectivity index is 1.55. The summed E-state index contributed by atoms with van der Waals surface area (Å²) in [5, 5.41) is 5.96. The number of anilines is 1. The van der Waals surface area contributed by atoms with Gasteiger partial charge in [-0.2, -0.15) is 8.78 Å². The zero-order valence-corrected chi connectivity index (χ0v) is 15.7. The quantitative estimate of drug-likeness (QED) is 0.690. The van der Waals surface area contributed by atoms with Crippen molar-refractivity contribution in [3.05, 3.63) is 48.0 Å². The van der Waals surface area contributed by atoms with Crippen molar-refractivity contribution in [1.82, 2.24) is 5.32 Å². The lowest BCUT2D eigenvalue weighted by Crippen LogP contribution is -2.41. The summed E-state index contributed by atoms with van der Waals surface area (Å²) in [6, 6.07) is 12.0. The Morgan fingerprint density at radius 2 is 1.85 bits per heavy atom. The van der Waals surface area contributed by atoms with Crippen molar-refractivity contribution < 1.29 is 23.0 Å². The number of ether oxygens (including phenoxy) is 2. The Morgan fingerprint density at radius 1 is 1.15 bits per heavy atom. The van der Waals surface area contributed by atoms with Gasteiger partial charge in [0, 0.05) is 16.1 Å². The number of halogens is 2. The molecule has 0 unspecified atom stereocenters. The lowest BCUT2D eigenvalue weighted by atomic mass is 9.94. The Morgan fingerprint density at radius 3 is 2.56 bits per heavy atom. The molecular weight excluding hydrogens is 374 g/mol. The number of hydrogen-bond acceptors (Lipinski definition) is 5. The minimum absolute atomic E-state index is 0.0922. The molecule has 144 valence electrons. The second-order valence-corrected chi connectivity index (χ2v) is 7.56. The Kier molecular flexibility index (Phi) is 5.86. The zero-order chi connectivity index (χ0) is 19.4. The van der Waals surface area contributed by atoms with Crippen LogP contribution in [0.5, 0.6) is 11.5 Å². The van der Waals surface area contributed by atoms with Crippen molar-refractivity contribution >= 4 is 23.4 Å². The first kappa shape index (κ1) is 19.4. The van der Waals surface area contributed by atoms with E-state index in [1.165, 1.54) is 0 Å². The van der Waals surface area contributed by atoms with Gasteiger partial charge in [0.2, 0.25) is 12.7 Å². The van der Waals surface area contributed by atoms with Crippen LogP contribution in [0.1, 0.15) is 19.4 Å².